The molecular formula is C21H22N4OS. The zero-order chi connectivity index (χ0) is 18.8. The van der Waals surface area contributed by atoms with Crippen molar-refractivity contribution in [3.05, 3.63) is 71.5 Å². The summed E-state index contributed by atoms with van der Waals surface area (Å²) in [7, 11) is 0. The second kappa shape index (κ2) is 7.56. The molecule has 3 aromatic rings. The summed E-state index contributed by atoms with van der Waals surface area (Å²) >= 11 is 1.46. The molecule has 0 radical (unpaired) electrons. The number of hydrogen-bond acceptors (Lipinski definition) is 4. The molecule has 4 rings (SSSR count). The zero-order valence-electron chi connectivity index (χ0n) is 15.4. The maximum atomic E-state index is 13.2. The number of carbonyl (C=O) groups is 1. The Labute approximate surface area is 163 Å². The number of rotatable bonds is 6. The first-order chi connectivity index (χ1) is 13.1. The van der Waals surface area contributed by atoms with Gasteiger partial charge in [0.2, 0.25) is 5.91 Å². The van der Waals surface area contributed by atoms with Gasteiger partial charge >= 0.3 is 0 Å². The summed E-state index contributed by atoms with van der Waals surface area (Å²) in [5, 5.41) is 11.8. The van der Waals surface area contributed by atoms with E-state index >= 15 is 0 Å². The molecule has 0 aliphatic heterocycles. The number of nitrogens with one attached hydrogen (secondary N) is 1. The summed E-state index contributed by atoms with van der Waals surface area (Å²) in [6.45, 7) is 4.03. The third-order valence-electron chi connectivity index (χ3n) is 4.70. The number of aromatic nitrogens is 3. The highest BCUT2D eigenvalue weighted by molar-refractivity contribution is 8.00. The highest BCUT2D eigenvalue weighted by Gasteiger charge is 2.30. The van der Waals surface area contributed by atoms with Gasteiger partial charge < -0.3 is 9.88 Å². The minimum atomic E-state index is -0.396. The van der Waals surface area contributed by atoms with Gasteiger partial charge in [-0.1, -0.05) is 54.2 Å². The molecule has 0 unspecified atom stereocenters. The van der Waals surface area contributed by atoms with Crippen molar-refractivity contribution in [1.82, 2.24) is 14.8 Å². The first kappa shape index (κ1) is 17.8. The van der Waals surface area contributed by atoms with Crippen molar-refractivity contribution in [1.29, 1.82) is 0 Å². The predicted octanol–water partition coefficient (Wildman–Crippen LogP) is 4.70. The van der Waals surface area contributed by atoms with E-state index in [1.807, 2.05) is 62.4 Å². The first-order valence-electron chi connectivity index (χ1n) is 9.11. The second-order valence-electron chi connectivity index (χ2n) is 6.97. The number of anilines is 1. The lowest BCUT2D eigenvalue weighted by Gasteiger charge is -2.18. The molecule has 1 heterocycles. The summed E-state index contributed by atoms with van der Waals surface area (Å²) in [4.78, 5) is 13.2. The van der Waals surface area contributed by atoms with Gasteiger partial charge in [-0.3, -0.25) is 4.79 Å². The Hall–Kier alpha value is -2.60. The van der Waals surface area contributed by atoms with Gasteiger partial charge in [-0.25, -0.2) is 0 Å². The van der Waals surface area contributed by atoms with E-state index in [9.17, 15) is 4.79 Å². The minimum absolute atomic E-state index is 0.0507. The van der Waals surface area contributed by atoms with Gasteiger partial charge in [0.1, 0.15) is 11.6 Å². The van der Waals surface area contributed by atoms with E-state index < -0.39 is 5.25 Å². The molecule has 27 heavy (non-hydrogen) atoms. The van der Waals surface area contributed by atoms with E-state index in [2.05, 4.69) is 20.1 Å². The topological polar surface area (TPSA) is 59.8 Å². The Morgan fingerprint density at radius 1 is 1.19 bits per heavy atom. The van der Waals surface area contributed by atoms with Crippen molar-refractivity contribution in [3.8, 4) is 0 Å². The van der Waals surface area contributed by atoms with E-state index in [-0.39, 0.29) is 5.91 Å². The molecule has 6 heteroatoms. The molecule has 1 aromatic heterocycles. The van der Waals surface area contributed by atoms with Crippen LogP contribution in [0.15, 0.2) is 60.0 Å². The molecule has 0 spiro atoms. The van der Waals surface area contributed by atoms with E-state index in [1.165, 1.54) is 11.8 Å². The van der Waals surface area contributed by atoms with Crippen molar-refractivity contribution >= 4 is 23.4 Å². The summed E-state index contributed by atoms with van der Waals surface area (Å²) in [6, 6.07) is 16.4. The highest BCUT2D eigenvalue weighted by Crippen LogP contribution is 2.41. The Morgan fingerprint density at radius 2 is 1.96 bits per heavy atom. The summed E-state index contributed by atoms with van der Waals surface area (Å²) in [5.74, 6) is -0.0507. The lowest BCUT2D eigenvalue weighted by Crippen LogP contribution is -2.20. The number of hydrogen-bond donors (Lipinski definition) is 1. The molecule has 1 aliphatic carbocycles. The molecule has 5 nitrogen and oxygen atoms in total. The third-order valence-corrected chi connectivity index (χ3v) is 5.92. The van der Waals surface area contributed by atoms with Crippen molar-refractivity contribution in [2.24, 2.45) is 0 Å². The average molecular weight is 379 g/mol. The van der Waals surface area contributed by atoms with Crippen molar-refractivity contribution in [2.45, 2.75) is 43.1 Å². The van der Waals surface area contributed by atoms with Crippen LogP contribution in [0.2, 0.25) is 0 Å². The fourth-order valence-corrected chi connectivity index (χ4v) is 4.08. The summed E-state index contributed by atoms with van der Waals surface area (Å²) in [6.07, 6.45) is 4.07. The standard InChI is InChI=1S/C21H22N4OS/c1-14-8-9-15(2)18(12-14)23-20(26)19(16-6-4-3-5-7-16)27-21-24-22-13-25(21)17-10-11-17/h3-9,12-13,17,19H,10-11H2,1-2H3,(H,23,26)/t19-/m1/s1. The summed E-state index contributed by atoms with van der Waals surface area (Å²) < 4.78 is 2.09. The van der Waals surface area contributed by atoms with Crippen LogP contribution < -0.4 is 5.32 Å². The maximum Gasteiger partial charge on any atom is 0.242 e. The Balaban J connectivity index is 1.62. The van der Waals surface area contributed by atoms with Gasteiger partial charge in [-0.15, -0.1) is 10.2 Å². The Kier molecular flexibility index (Phi) is 4.99. The predicted molar refractivity (Wildman–Crippen MR) is 108 cm³/mol. The first-order valence-corrected chi connectivity index (χ1v) is 9.99. The van der Waals surface area contributed by atoms with Crippen LogP contribution in [0.5, 0.6) is 0 Å². The lowest BCUT2D eigenvalue weighted by atomic mass is 10.1. The van der Waals surface area contributed by atoms with Crippen molar-refractivity contribution in [3.63, 3.8) is 0 Å². The van der Waals surface area contributed by atoms with Gasteiger partial charge in [0, 0.05) is 11.7 Å². The van der Waals surface area contributed by atoms with Gasteiger partial charge in [-0.2, -0.15) is 0 Å². The molecule has 138 valence electrons. The SMILES string of the molecule is Cc1ccc(C)c(NC(=O)[C@H](Sc2nncn2C2CC2)c2ccccc2)c1. The molecule has 2 aromatic carbocycles. The van der Waals surface area contributed by atoms with Gasteiger partial charge in [0.25, 0.3) is 0 Å². The van der Waals surface area contributed by atoms with Crippen LogP contribution in [0.1, 0.15) is 40.8 Å². The minimum Gasteiger partial charge on any atom is -0.325 e. The monoisotopic (exact) mass is 378 g/mol. The van der Waals surface area contributed by atoms with Gasteiger partial charge in [-0.05, 0) is 49.4 Å². The number of thioether (sulfide) groups is 1. The zero-order valence-corrected chi connectivity index (χ0v) is 16.2. The maximum absolute atomic E-state index is 13.2. The third kappa shape index (κ3) is 4.06. The van der Waals surface area contributed by atoms with Crippen molar-refractivity contribution in [2.75, 3.05) is 5.32 Å². The Bertz CT molecular complexity index is 950. The quantitative estimate of drug-likeness (QED) is 0.632. The lowest BCUT2D eigenvalue weighted by molar-refractivity contribution is -0.115. The average Bonchev–Trinajstić information content (AvgIpc) is 3.41. The number of carbonyl (C=O) groups excluding carboxylic acids is 1. The fourth-order valence-electron chi connectivity index (χ4n) is 2.99. The molecular weight excluding hydrogens is 356 g/mol. The van der Waals surface area contributed by atoms with Crippen LogP contribution in [0.3, 0.4) is 0 Å². The van der Waals surface area contributed by atoms with Crippen LogP contribution in [0.25, 0.3) is 0 Å². The number of amides is 1. The molecule has 1 amide bonds. The summed E-state index contributed by atoms with van der Waals surface area (Å²) in [5.41, 5.74) is 3.97. The molecule has 0 bridgehead atoms. The van der Waals surface area contributed by atoms with E-state index in [4.69, 9.17) is 0 Å². The molecule has 1 saturated carbocycles. The molecule has 0 saturated heterocycles. The van der Waals surface area contributed by atoms with Crippen LogP contribution in [0.4, 0.5) is 5.69 Å². The van der Waals surface area contributed by atoms with Crippen LogP contribution >= 0.6 is 11.8 Å². The number of nitrogens with zero attached hydrogens (tertiary/aromatic N) is 3. The van der Waals surface area contributed by atoms with Gasteiger partial charge in [0.05, 0.1) is 0 Å². The van der Waals surface area contributed by atoms with Crippen LogP contribution in [-0.4, -0.2) is 20.7 Å². The molecule has 1 aliphatic rings. The van der Waals surface area contributed by atoms with Crippen LogP contribution in [0, 0.1) is 13.8 Å². The molecule has 1 fully saturated rings. The van der Waals surface area contributed by atoms with E-state index in [0.717, 1.165) is 40.4 Å². The van der Waals surface area contributed by atoms with E-state index in [0.29, 0.717) is 6.04 Å². The highest BCUT2D eigenvalue weighted by atomic mass is 32.2. The normalized spacial score (nSPS) is 14.7. The second-order valence-corrected chi connectivity index (χ2v) is 8.04. The fraction of sp³-hybridized carbons (Fsp3) is 0.286. The molecule has 1 N–H and O–H groups in total. The number of benzene rings is 2. The number of aryl methyl sites for hydroxylation is 2. The smallest absolute Gasteiger partial charge is 0.242 e. The molecule has 1 atom stereocenters. The van der Waals surface area contributed by atoms with Crippen molar-refractivity contribution < 1.29 is 4.79 Å². The largest absolute Gasteiger partial charge is 0.325 e. The van der Waals surface area contributed by atoms with Gasteiger partial charge in [0.15, 0.2) is 5.16 Å². The Morgan fingerprint density at radius 3 is 2.70 bits per heavy atom. The van der Waals surface area contributed by atoms with Crippen LogP contribution in [-0.2, 0) is 4.79 Å². The van der Waals surface area contributed by atoms with E-state index in [1.54, 1.807) is 6.33 Å².